The number of nitrogens with one attached hydrogen (secondary N) is 1. The topological polar surface area (TPSA) is 47.6 Å². The molecule has 0 saturated carbocycles. The first-order chi connectivity index (χ1) is 9.10. The van der Waals surface area contributed by atoms with Crippen LogP contribution < -0.4 is 14.8 Å². The highest BCUT2D eigenvalue weighted by Gasteiger charge is 2.10. The van der Waals surface area contributed by atoms with Crippen LogP contribution >= 0.6 is 15.9 Å². The molecule has 0 fully saturated rings. The number of ether oxygens (including phenoxy) is 2. The predicted octanol–water partition coefficient (Wildman–Crippen LogP) is 3.14. The van der Waals surface area contributed by atoms with Crippen LogP contribution in [0.3, 0.4) is 0 Å². The van der Waals surface area contributed by atoms with Gasteiger partial charge in [0, 0.05) is 6.04 Å². The van der Waals surface area contributed by atoms with Crippen LogP contribution in [-0.4, -0.2) is 25.7 Å². The summed E-state index contributed by atoms with van der Waals surface area (Å²) in [6, 6.07) is 5.58. The van der Waals surface area contributed by atoms with Gasteiger partial charge in [0.2, 0.25) is 0 Å². The van der Waals surface area contributed by atoms with Crippen molar-refractivity contribution in [1.29, 1.82) is 0 Å². The molecule has 106 valence electrons. The lowest BCUT2D eigenvalue weighted by Gasteiger charge is -2.15. The Hall–Kier alpha value is -1.23. The summed E-state index contributed by atoms with van der Waals surface area (Å²) in [4.78, 5) is 11.7. The maximum absolute atomic E-state index is 11.7. The molecule has 1 N–H and O–H groups in total. The van der Waals surface area contributed by atoms with Crippen LogP contribution in [0.25, 0.3) is 0 Å². The minimum atomic E-state index is -0.101. The van der Waals surface area contributed by atoms with Crippen LogP contribution in [0.4, 0.5) is 0 Å². The number of hydrogen-bond donors (Lipinski definition) is 1. The average Bonchev–Trinajstić information content (AvgIpc) is 2.43. The van der Waals surface area contributed by atoms with E-state index in [1.54, 1.807) is 25.3 Å². The van der Waals surface area contributed by atoms with Gasteiger partial charge in [-0.15, -0.1) is 0 Å². The molecule has 0 unspecified atom stereocenters. The van der Waals surface area contributed by atoms with E-state index in [2.05, 4.69) is 35.1 Å². The predicted molar refractivity (Wildman–Crippen MR) is 78.7 cm³/mol. The molecule has 5 heteroatoms. The number of carbonyl (C=O) groups is 1. The smallest absolute Gasteiger partial charge is 0.258 e. The first-order valence-electron chi connectivity index (χ1n) is 6.36. The molecule has 0 aliphatic heterocycles. The van der Waals surface area contributed by atoms with Gasteiger partial charge in [0.15, 0.2) is 6.61 Å². The minimum Gasteiger partial charge on any atom is -0.497 e. The fourth-order valence-electron chi connectivity index (χ4n) is 1.63. The molecule has 1 amide bonds. The minimum absolute atomic E-state index is 0.0153. The Bertz CT molecular complexity index is 419. The summed E-state index contributed by atoms with van der Waals surface area (Å²) >= 11 is 3.38. The van der Waals surface area contributed by atoms with E-state index in [1.165, 1.54) is 0 Å². The quantitative estimate of drug-likeness (QED) is 0.835. The van der Waals surface area contributed by atoms with Crippen molar-refractivity contribution in [2.75, 3.05) is 13.7 Å². The molecule has 0 bridgehead atoms. The largest absolute Gasteiger partial charge is 0.497 e. The Kier molecular flexibility index (Phi) is 6.70. The van der Waals surface area contributed by atoms with E-state index in [-0.39, 0.29) is 18.6 Å². The number of amides is 1. The first kappa shape index (κ1) is 15.8. The SMILES string of the molecule is CCC(CC)NC(=O)COc1ccc(OC)cc1Br. The average molecular weight is 330 g/mol. The third-order valence-corrected chi connectivity index (χ3v) is 3.47. The van der Waals surface area contributed by atoms with Crippen LogP contribution in [0.15, 0.2) is 22.7 Å². The highest BCUT2D eigenvalue weighted by atomic mass is 79.9. The van der Waals surface area contributed by atoms with Gasteiger partial charge in [-0.1, -0.05) is 13.8 Å². The van der Waals surface area contributed by atoms with Gasteiger partial charge < -0.3 is 14.8 Å². The number of methoxy groups -OCH3 is 1. The van der Waals surface area contributed by atoms with Crippen molar-refractivity contribution < 1.29 is 14.3 Å². The van der Waals surface area contributed by atoms with Gasteiger partial charge >= 0.3 is 0 Å². The molecule has 1 rings (SSSR count). The molecule has 0 aromatic heterocycles. The summed E-state index contributed by atoms with van der Waals surface area (Å²) in [5.74, 6) is 1.26. The van der Waals surface area contributed by atoms with E-state index in [1.807, 2.05) is 0 Å². The molecule has 19 heavy (non-hydrogen) atoms. The number of rotatable bonds is 7. The maximum atomic E-state index is 11.7. The van der Waals surface area contributed by atoms with Crippen molar-refractivity contribution in [2.45, 2.75) is 32.7 Å². The zero-order chi connectivity index (χ0) is 14.3. The van der Waals surface area contributed by atoms with Crippen LogP contribution in [0, 0.1) is 0 Å². The van der Waals surface area contributed by atoms with Gasteiger partial charge in [-0.05, 0) is 47.0 Å². The van der Waals surface area contributed by atoms with E-state index in [0.717, 1.165) is 23.1 Å². The molecular formula is C14H20BrNO3. The Labute approximate surface area is 122 Å². The monoisotopic (exact) mass is 329 g/mol. The molecule has 0 aliphatic rings. The van der Waals surface area contributed by atoms with E-state index >= 15 is 0 Å². The van der Waals surface area contributed by atoms with Crippen molar-refractivity contribution >= 4 is 21.8 Å². The highest BCUT2D eigenvalue weighted by molar-refractivity contribution is 9.10. The van der Waals surface area contributed by atoms with Crippen molar-refractivity contribution in [3.8, 4) is 11.5 Å². The van der Waals surface area contributed by atoms with Crippen LogP contribution in [0.5, 0.6) is 11.5 Å². The fraction of sp³-hybridized carbons (Fsp3) is 0.500. The van der Waals surface area contributed by atoms with Gasteiger partial charge in [-0.25, -0.2) is 0 Å². The lowest BCUT2D eigenvalue weighted by Crippen LogP contribution is -2.37. The fourth-order valence-corrected chi connectivity index (χ4v) is 2.10. The normalized spacial score (nSPS) is 10.4. The van der Waals surface area contributed by atoms with Crippen molar-refractivity contribution in [3.63, 3.8) is 0 Å². The number of carbonyl (C=O) groups excluding carboxylic acids is 1. The third-order valence-electron chi connectivity index (χ3n) is 2.85. The second kappa shape index (κ2) is 8.04. The van der Waals surface area contributed by atoms with E-state index in [4.69, 9.17) is 9.47 Å². The zero-order valence-corrected chi connectivity index (χ0v) is 13.1. The second-order valence-electron chi connectivity index (χ2n) is 4.17. The molecule has 0 saturated heterocycles. The summed E-state index contributed by atoms with van der Waals surface area (Å²) in [7, 11) is 1.60. The maximum Gasteiger partial charge on any atom is 0.258 e. The molecular weight excluding hydrogens is 310 g/mol. The number of halogens is 1. The summed E-state index contributed by atoms with van der Waals surface area (Å²) in [5.41, 5.74) is 0. The lowest BCUT2D eigenvalue weighted by atomic mass is 10.2. The summed E-state index contributed by atoms with van der Waals surface area (Å²) < 4.78 is 11.3. The molecule has 0 spiro atoms. The molecule has 4 nitrogen and oxygen atoms in total. The molecule has 1 aromatic rings. The Morgan fingerprint density at radius 3 is 2.58 bits per heavy atom. The summed E-state index contributed by atoms with van der Waals surface area (Å²) in [5, 5.41) is 2.92. The van der Waals surface area contributed by atoms with Crippen LogP contribution in [0.2, 0.25) is 0 Å². The van der Waals surface area contributed by atoms with Crippen LogP contribution in [-0.2, 0) is 4.79 Å². The Morgan fingerprint density at radius 2 is 2.05 bits per heavy atom. The van der Waals surface area contributed by atoms with Crippen molar-refractivity contribution in [2.24, 2.45) is 0 Å². The number of hydrogen-bond acceptors (Lipinski definition) is 3. The van der Waals surface area contributed by atoms with Crippen LogP contribution in [0.1, 0.15) is 26.7 Å². The Morgan fingerprint density at radius 1 is 1.37 bits per heavy atom. The van der Waals surface area contributed by atoms with Gasteiger partial charge in [-0.2, -0.15) is 0 Å². The van der Waals surface area contributed by atoms with Gasteiger partial charge in [0.1, 0.15) is 11.5 Å². The number of benzene rings is 1. The lowest BCUT2D eigenvalue weighted by molar-refractivity contribution is -0.123. The second-order valence-corrected chi connectivity index (χ2v) is 5.02. The molecule has 0 heterocycles. The Balaban J connectivity index is 2.50. The highest BCUT2D eigenvalue weighted by Crippen LogP contribution is 2.28. The van der Waals surface area contributed by atoms with E-state index in [9.17, 15) is 4.79 Å². The molecule has 0 aliphatic carbocycles. The standard InChI is InChI=1S/C14H20BrNO3/c1-4-10(5-2)16-14(17)9-19-13-7-6-11(18-3)8-12(13)15/h6-8,10H,4-5,9H2,1-3H3,(H,16,17). The third kappa shape index (κ3) is 5.11. The summed E-state index contributed by atoms with van der Waals surface area (Å²) in [6.07, 6.45) is 1.85. The van der Waals surface area contributed by atoms with Gasteiger partial charge in [-0.3, -0.25) is 4.79 Å². The zero-order valence-electron chi connectivity index (χ0n) is 11.5. The summed E-state index contributed by atoms with van der Waals surface area (Å²) in [6.45, 7) is 4.12. The van der Waals surface area contributed by atoms with E-state index < -0.39 is 0 Å². The molecule has 0 radical (unpaired) electrons. The van der Waals surface area contributed by atoms with Gasteiger partial charge in [0.05, 0.1) is 11.6 Å². The van der Waals surface area contributed by atoms with Gasteiger partial charge in [0.25, 0.3) is 5.91 Å². The molecule has 1 aromatic carbocycles. The molecule has 0 atom stereocenters. The van der Waals surface area contributed by atoms with Crippen molar-refractivity contribution in [3.05, 3.63) is 22.7 Å². The van der Waals surface area contributed by atoms with Crippen molar-refractivity contribution in [1.82, 2.24) is 5.32 Å². The first-order valence-corrected chi connectivity index (χ1v) is 7.15. The van der Waals surface area contributed by atoms with E-state index in [0.29, 0.717) is 5.75 Å².